The number of carbonyl (C=O) groups is 1. The number of nitrogens with zero attached hydrogens (tertiary/aromatic N) is 2. The molecular formula is C4H5BrN2O2. The van der Waals surface area contributed by atoms with Gasteiger partial charge in [0.25, 0.3) is 0 Å². The van der Waals surface area contributed by atoms with Crippen LogP contribution in [-0.4, -0.2) is 28.1 Å². The molecular weight excluding hydrogens is 188 g/mol. The summed E-state index contributed by atoms with van der Waals surface area (Å²) in [7, 11) is 1.31. The van der Waals surface area contributed by atoms with Crippen molar-refractivity contribution in [1.29, 1.82) is 5.26 Å². The maximum Gasteiger partial charge on any atom is 0.408 e. The fourth-order valence-electron chi connectivity index (χ4n) is 0.184. The Hall–Kier alpha value is -0.760. The molecule has 1 unspecified atom stereocenters. The quantitative estimate of drug-likeness (QED) is 0.495. The van der Waals surface area contributed by atoms with Gasteiger partial charge in [0.2, 0.25) is 0 Å². The van der Waals surface area contributed by atoms with E-state index in [1.54, 1.807) is 6.07 Å². The summed E-state index contributed by atoms with van der Waals surface area (Å²) in [6, 6.07) is 1.71. The van der Waals surface area contributed by atoms with Crippen LogP contribution in [0, 0.1) is 11.3 Å². The van der Waals surface area contributed by atoms with Crippen molar-refractivity contribution in [2.24, 2.45) is 0 Å². The van der Waals surface area contributed by atoms with Crippen molar-refractivity contribution < 1.29 is 9.90 Å². The summed E-state index contributed by atoms with van der Waals surface area (Å²) in [6.45, 7) is 0. The molecule has 0 aromatic rings. The normalized spacial score (nSPS) is 11.7. The van der Waals surface area contributed by atoms with Crippen LogP contribution >= 0.6 is 15.9 Å². The van der Waals surface area contributed by atoms with E-state index in [9.17, 15) is 4.79 Å². The first-order valence-electron chi connectivity index (χ1n) is 2.09. The SMILES string of the molecule is CN(C(=O)O)C(Br)C#N. The van der Waals surface area contributed by atoms with Crippen LogP contribution in [0.15, 0.2) is 0 Å². The molecule has 0 bridgehead atoms. The molecule has 0 radical (unpaired) electrons. The van der Waals surface area contributed by atoms with Gasteiger partial charge >= 0.3 is 6.09 Å². The molecule has 1 atom stereocenters. The highest BCUT2D eigenvalue weighted by atomic mass is 79.9. The van der Waals surface area contributed by atoms with Crippen LogP contribution < -0.4 is 0 Å². The van der Waals surface area contributed by atoms with Gasteiger partial charge in [-0.3, -0.25) is 4.90 Å². The highest BCUT2D eigenvalue weighted by Crippen LogP contribution is 2.02. The Morgan fingerprint density at radius 2 is 2.44 bits per heavy atom. The number of hydrogen-bond donors (Lipinski definition) is 1. The van der Waals surface area contributed by atoms with E-state index in [0.717, 1.165) is 4.90 Å². The number of alkyl halides is 1. The first-order valence-corrected chi connectivity index (χ1v) is 3.00. The molecule has 0 saturated carbocycles. The zero-order valence-corrected chi connectivity index (χ0v) is 6.29. The molecule has 0 aromatic carbocycles. The summed E-state index contributed by atoms with van der Waals surface area (Å²) < 4.78 is 0. The van der Waals surface area contributed by atoms with E-state index in [-0.39, 0.29) is 0 Å². The van der Waals surface area contributed by atoms with E-state index in [4.69, 9.17) is 10.4 Å². The van der Waals surface area contributed by atoms with Gasteiger partial charge in [0.1, 0.15) is 0 Å². The van der Waals surface area contributed by atoms with Crippen LogP contribution in [0.3, 0.4) is 0 Å². The minimum Gasteiger partial charge on any atom is -0.465 e. The topological polar surface area (TPSA) is 64.3 Å². The van der Waals surface area contributed by atoms with Crippen molar-refractivity contribution in [3.63, 3.8) is 0 Å². The summed E-state index contributed by atoms with van der Waals surface area (Å²) in [5.41, 5.74) is 0. The van der Waals surface area contributed by atoms with Gasteiger partial charge in [-0.2, -0.15) is 5.26 Å². The molecule has 0 aliphatic heterocycles. The van der Waals surface area contributed by atoms with Gasteiger partial charge in [-0.1, -0.05) is 0 Å². The molecule has 1 amide bonds. The summed E-state index contributed by atoms with van der Waals surface area (Å²) in [5, 5.41) is 16.4. The van der Waals surface area contributed by atoms with Gasteiger partial charge < -0.3 is 5.11 Å². The monoisotopic (exact) mass is 192 g/mol. The number of amides is 1. The molecule has 0 fully saturated rings. The molecule has 5 heteroatoms. The number of rotatable bonds is 1. The largest absolute Gasteiger partial charge is 0.465 e. The van der Waals surface area contributed by atoms with Crippen molar-refractivity contribution >= 4 is 22.0 Å². The van der Waals surface area contributed by atoms with Gasteiger partial charge in [0, 0.05) is 7.05 Å². The van der Waals surface area contributed by atoms with Gasteiger partial charge in [0.05, 0.1) is 6.07 Å². The summed E-state index contributed by atoms with van der Waals surface area (Å²) in [5.74, 6) is 0. The molecule has 0 aliphatic rings. The van der Waals surface area contributed by atoms with E-state index < -0.39 is 11.0 Å². The maximum atomic E-state index is 10.0. The molecule has 0 aliphatic carbocycles. The highest BCUT2D eigenvalue weighted by molar-refractivity contribution is 9.09. The molecule has 0 saturated heterocycles. The van der Waals surface area contributed by atoms with Crippen molar-refractivity contribution in [3.8, 4) is 6.07 Å². The maximum absolute atomic E-state index is 10.0. The molecule has 0 heterocycles. The van der Waals surface area contributed by atoms with Crippen LogP contribution in [0.1, 0.15) is 0 Å². The number of carboxylic acid groups (broad SMARTS) is 1. The Bertz CT molecular complexity index is 153. The molecule has 0 aromatic heterocycles. The van der Waals surface area contributed by atoms with Crippen molar-refractivity contribution in [2.75, 3.05) is 7.05 Å². The van der Waals surface area contributed by atoms with Crippen molar-refractivity contribution in [2.45, 2.75) is 4.95 Å². The number of hydrogen-bond acceptors (Lipinski definition) is 2. The van der Waals surface area contributed by atoms with Crippen LogP contribution in [0.25, 0.3) is 0 Å². The molecule has 0 rings (SSSR count). The Labute approximate surface area is 60.8 Å². The lowest BCUT2D eigenvalue weighted by molar-refractivity contribution is 0.158. The van der Waals surface area contributed by atoms with Crippen LogP contribution in [-0.2, 0) is 0 Å². The first kappa shape index (κ1) is 8.24. The number of halogens is 1. The Morgan fingerprint density at radius 3 is 2.56 bits per heavy atom. The molecule has 1 N–H and O–H groups in total. The fourth-order valence-corrected chi connectivity index (χ4v) is 0.359. The van der Waals surface area contributed by atoms with E-state index in [0.29, 0.717) is 0 Å². The van der Waals surface area contributed by atoms with Gasteiger partial charge in [-0.25, -0.2) is 4.79 Å². The average molecular weight is 193 g/mol. The smallest absolute Gasteiger partial charge is 0.408 e. The third-order valence-electron chi connectivity index (χ3n) is 0.748. The second-order valence-electron chi connectivity index (χ2n) is 1.36. The molecule has 0 spiro atoms. The average Bonchev–Trinajstić information content (AvgIpc) is 1.84. The molecule has 50 valence electrons. The van der Waals surface area contributed by atoms with Crippen molar-refractivity contribution in [1.82, 2.24) is 4.90 Å². The Kier molecular flexibility index (Phi) is 3.02. The third kappa shape index (κ3) is 2.33. The van der Waals surface area contributed by atoms with E-state index in [1.807, 2.05) is 0 Å². The van der Waals surface area contributed by atoms with Crippen LogP contribution in [0.2, 0.25) is 0 Å². The predicted molar refractivity (Wildman–Crippen MR) is 34.1 cm³/mol. The lowest BCUT2D eigenvalue weighted by atomic mass is 10.6. The summed E-state index contributed by atoms with van der Waals surface area (Å²) >= 11 is 2.83. The zero-order valence-electron chi connectivity index (χ0n) is 4.71. The minimum absolute atomic E-state index is 0.755. The molecule has 4 nitrogen and oxygen atoms in total. The van der Waals surface area contributed by atoms with E-state index in [1.165, 1.54) is 7.05 Å². The second kappa shape index (κ2) is 3.30. The second-order valence-corrected chi connectivity index (χ2v) is 2.23. The summed E-state index contributed by atoms with van der Waals surface area (Å²) in [6.07, 6.45) is -1.13. The summed E-state index contributed by atoms with van der Waals surface area (Å²) in [4.78, 5) is 10.2. The fraction of sp³-hybridized carbons (Fsp3) is 0.500. The molecule has 9 heavy (non-hydrogen) atoms. The van der Waals surface area contributed by atoms with Gasteiger partial charge in [0.15, 0.2) is 4.95 Å². The highest BCUT2D eigenvalue weighted by Gasteiger charge is 2.13. The standard InChI is InChI=1S/C4H5BrN2O2/c1-7(4(8)9)3(5)2-6/h3H,1H3,(H,8,9). The van der Waals surface area contributed by atoms with Crippen LogP contribution in [0.5, 0.6) is 0 Å². The van der Waals surface area contributed by atoms with Gasteiger partial charge in [-0.15, -0.1) is 0 Å². The first-order chi connectivity index (χ1) is 4.09. The van der Waals surface area contributed by atoms with Crippen LogP contribution in [0.4, 0.5) is 4.79 Å². The van der Waals surface area contributed by atoms with Gasteiger partial charge in [-0.05, 0) is 15.9 Å². The van der Waals surface area contributed by atoms with Crippen molar-refractivity contribution in [3.05, 3.63) is 0 Å². The lowest BCUT2D eigenvalue weighted by Crippen LogP contribution is -2.30. The predicted octanol–water partition coefficient (Wildman–Crippen LogP) is 0.841. The van der Waals surface area contributed by atoms with E-state index in [2.05, 4.69) is 15.9 Å². The Balaban J connectivity index is 3.91. The van der Waals surface area contributed by atoms with E-state index >= 15 is 0 Å². The zero-order chi connectivity index (χ0) is 7.44. The number of nitriles is 1. The lowest BCUT2D eigenvalue weighted by Gasteiger charge is -2.12. The third-order valence-corrected chi connectivity index (χ3v) is 1.57. The Morgan fingerprint density at radius 1 is 2.00 bits per heavy atom. The minimum atomic E-state index is -1.13.